The second-order valence-corrected chi connectivity index (χ2v) is 9.28. The third-order valence-electron chi connectivity index (χ3n) is 7.85. The van der Waals surface area contributed by atoms with E-state index in [-0.39, 0.29) is 23.3 Å². The van der Waals surface area contributed by atoms with Crippen molar-refractivity contribution in [3.63, 3.8) is 0 Å². The van der Waals surface area contributed by atoms with Crippen LogP contribution in [0.15, 0.2) is 36.4 Å². The third kappa shape index (κ3) is 2.35. The number of amides is 3. The van der Waals surface area contributed by atoms with Gasteiger partial charge in [-0.3, -0.25) is 29.4 Å². The fourth-order valence-corrected chi connectivity index (χ4v) is 6.50. The zero-order valence-electron chi connectivity index (χ0n) is 18.6. The first-order valence-electron chi connectivity index (χ1n) is 11.2. The van der Waals surface area contributed by atoms with Crippen LogP contribution in [0.1, 0.15) is 24.0 Å². The zero-order chi connectivity index (χ0) is 23.9. The van der Waals surface area contributed by atoms with E-state index in [0.717, 1.165) is 11.3 Å². The molecule has 0 saturated carbocycles. The van der Waals surface area contributed by atoms with E-state index in [9.17, 15) is 24.5 Å². The Kier molecular flexibility index (Phi) is 4.20. The molecule has 3 amide bonds. The maximum absolute atomic E-state index is 14.0. The van der Waals surface area contributed by atoms with Crippen molar-refractivity contribution in [3.05, 3.63) is 57.6 Å². The van der Waals surface area contributed by atoms with Crippen LogP contribution in [-0.2, 0) is 19.9 Å². The quantitative estimate of drug-likeness (QED) is 0.422. The first-order valence-corrected chi connectivity index (χ1v) is 11.2. The monoisotopic (exact) mass is 462 g/mol. The number of ether oxygens (including phenoxy) is 1. The van der Waals surface area contributed by atoms with E-state index < -0.39 is 34.1 Å². The average molecular weight is 462 g/mol. The van der Waals surface area contributed by atoms with Crippen LogP contribution in [0.3, 0.4) is 0 Å². The van der Waals surface area contributed by atoms with Gasteiger partial charge in [0, 0.05) is 28.9 Å². The maximum atomic E-state index is 14.0. The lowest BCUT2D eigenvalue weighted by molar-refractivity contribution is -0.385. The Balaban J connectivity index is 1.53. The molecule has 34 heavy (non-hydrogen) atoms. The number of rotatable bonds is 3. The Labute approximate surface area is 194 Å². The lowest BCUT2D eigenvalue weighted by atomic mass is 9.75. The Hall–Kier alpha value is -3.79. The first-order chi connectivity index (χ1) is 16.3. The summed E-state index contributed by atoms with van der Waals surface area (Å²) < 4.78 is 5.40. The number of carbonyl (C=O) groups excluding carboxylic acids is 3. The topological polar surface area (TPSA) is 122 Å². The number of nitro groups is 1. The molecule has 0 bridgehead atoms. The number of hydrogen-bond donors (Lipinski definition) is 1. The minimum absolute atomic E-state index is 0.158. The van der Waals surface area contributed by atoms with Crippen LogP contribution in [0.2, 0.25) is 0 Å². The number of nitrogens with one attached hydrogen (secondary N) is 1. The molecule has 174 valence electrons. The van der Waals surface area contributed by atoms with Gasteiger partial charge >= 0.3 is 0 Å². The smallest absolute Gasteiger partial charge is 0.274 e. The summed E-state index contributed by atoms with van der Waals surface area (Å²) >= 11 is 0. The van der Waals surface area contributed by atoms with Crippen LogP contribution in [0.25, 0.3) is 0 Å². The number of methoxy groups -OCH3 is 1. The van der Waals surface area contributed by atoms with Crippen LogP contribution in [0, 0.1) is 28.9 Å². The molecule has 3 saturated heterocycles. The number of imide groups is 1. The molecule has 1 spiro atoms. The molecular formula is C24H22N4O6. The molecule has 4 heterocycles. The van der Waals surface area contributed by atoms with Gasteiger partial charge in [-0.05, 0) is 50.6 Å². The minimum Gasteiger partial charge on any atom is -0.497 e. The number of carbonyl (C=O) groups is 3. The van der Waals surface area contributed by atoms with Gasteiger partial charge in [0.1, 0.15) is 11.3 Å². The van der Waals surface area contributed by atoms with Gasteiger partial charge in [-0.15, -0.1) is 0 Å². The highest BCUT2D eigenvalue weighted by molar-refractivity contribution is 6.26. The van der Waals surface area contributed by atoms with Gasteiger partial charge in [-0.1, -0.05) is 6.07 Å². The molecule has 4 aliphatic heterocycles. The van der Waals surface area contributed by atoms with Gasteiger partial charge in [-0.25, -0.2) is 4.90 Å². The number of anilines is 2. The Bertz CT molecular complexity index is 1310. The lowest BCUT2D eigenvalue weighted by Crippen LogP contribution is -2.54. The normalized spacial score (nSPS) is 29.4. The van der Waals surface area contributed by atoms with Crippen molar-refractivity contribution >= 4 is 34.8 Å². The highest BCUT2D eigenvalue weighted by Crippen LogP contribution is 2.61. The van der Waals surface area contributed by atoms with E-state index in [1.807, 2.05) is 4.90 Å². The van der Waals surface area contributed by atoms with Crippen LogP contribution >= 0.6 is 0 Å². The predicted molar refractivity (Wildman–Crippen MR) is 120 cm³/mol. The van der Waals surface area contributed by atoms with E-state index in [0.29, 0.717) is 35.5 Å². The summed E-state index contributed by atoms with van der Waals surface area (Å²) in [5.74, 6) is -2.33. The number of hydrogen-bond acceptors (Lipinski definition) is 7. The van der Waals surface area contributed by atoms with Gasteiger partial charge in [0.2, 0.25) is 17.7 Å². The molecule has 1 N–H and O–H groups in total. The molecule has 2 aromatic carbocycles. The van der Waals surface area contributed by atoms with E-state index >= 15 is 0 Å². The molecule has 4 atom stereocenters. The summed E-state index contributed by atoms with van der Waals surface area (Å²) in [6.45, 7) is 2.20. The molecule has 10 nitrogen and oxygen atoms in total. The molecule has 0 radical (unpaired) electrons. The molecule has 0 unspecified atom stereocenters. The van der Waals surface area contributed by atoms with Gasteiger partial charge in [0.25, 0.3) is 5.69 Å². The SMILES string of the molecule is COc1ccc2c(c1)[C@]1(C(=O)N2)[C@@H]2C(=O)N(c3ccc(C)c([N+](=O)[O-])c3)C(=O)[C@H]2[C@@H]2CCCN21. The Morgan fingerprint density at radius 1 is 1.15 bits per heavy atom. The fraction of sp³-hybridized carbons (Fsp3) is 0.375. The van der Waals surface area contributed by atoms with Crippen molar-refractivity contribution in [1.29, 1.82) is 0 Å². The van der Waals surface area contributed by atoms with E-state index in [2.05, 4.69) is 5.32 Å². The first kappa shape index (κ1) is 20.8. The standard InChI is InChI=1S/C24H22N4O6/c1-12-5-6-13(10-18(12)28(32)33)27-21(29)19-17-4-3-9-26(17)24(20(19)22(27)30)15-11-14(34-2)7-8-16(15)25-23(24)31/h5-8,10-11,17,19-20H,3-4,9H2,1-2H3,(H,25,31)/t17-,19-,20-,24+/m0/s1. The van der Waals surface area contributed by atoms with E-state index in [1.165, 1.54) is 19.2 Å². The Morgan fingerprint density at radius 3 is 2.68 bits per heavy atom. The zero-order valence-corrected chi connectivity index (χ0v) is 18.6. The summed E-state index contributed by atoms with van der Waals surface area (Å²) in [7, 11) is 1.53. The lowest BCUT2D eigenvalue weighted by Gasteiger charge is -2.36. The highest BCUT2D eigenvalue weighted by atomic mass is 16.6. The van der Waals surface area contributed by atoms with E-state index in [1.54, 1.807) is 31.2 Å². The third-order valence-corrected chi connectivity index (χ3v) is 7.85. The average Bonchev–Trinajstić information content (AvgIpc) is 3.52. The van der Waals surface area contributed by atoms with Crippen molar-refractivity contribution in [3.8, 4) is 5.75 Å². The van der Waals surface area contributed by atoms with Crippen molar-refractivity contribution in [1.82, 2.24) is 4.90 Å². The largest absolute Gasteiger partial charge is 0.497 e. The van der Waals surface area contributed by atoms with E-state index in [4.69, 9.17) is 4.74 Å². The van der Waals surface area contributed by atoms with Gasteiger partial charge < -0.3 is 10.1 Å². The molecular weight excluding hydrogens is 440 g/mol. The molecule has 3 fully saturated rings. The van der Waals surface area contributed by atoms with Gasteiger partial charge in [-0.2, -0.15) is 0 Å². The highest BCUT2D eigenvalue weighted by Gasteiger charge is 2.74. The number of nitrogens with zero attached hydrogens (tertiary/aromatic N) is 3. The predicted octanol–water partition coefficient (Wildman–Crippen LogP) is 2.34. The number of aryl methyl sites for hydroxylation is 1. The molecule has 0 aliphatic carbocycles. The van der Waals surface area contributed by atoms with Crippen LogP contribution in [0.4, 0.5) is 17.1 Å². The Morgan fingerprint density at radius 2 is 1.94 bits per heavy atom. The van der Waals surface area contributed by atoms with Crippen molar-refractivity contribution in [2.75, 3.05) is 23.9 Å². The molecule has 0 aromatic heterocycles. The second-order valence-electron chi connectivity index (χ2n) is 9.28. The van der Waals surface area contributed by atoms with Crippen LogP contribution in [0.5, 0.6) is 5.75 Å². The van der Waals surface area contributed by atoms with Crippen molar-refractivity contribution in [2.45, 2.75) is 31.3 Å². The summed E-state index contributed by atoms with van der Waals surface area (Å²) in [5, 5.41) is 14.4. The minimum atomic E-state index is -1.33. The second kappa shape index (κ2) is 6.86. The maximum Gasteiger partial charge on any atom is 0.274 e. The summed E-state index contributed by atoms with van der Waals surface area (Å²) in [4.78, 5) is 55.4. The number of fused-ring (bicyclic) bond motifs is 7. The summed E-state index contributed by atoms with van der Waals surface area (Å²) in [6, 6.07) is 9.33. The molecule has 10 heteroatoms. The molecule has 4 aliphatic rings. The van der Waals surface area contributed by atoms with Crippen molar-refractivity contribution < 1.29 is 24.0 Å². The number of nitro benzene ring substituents is 1. The summed E-state index contributed by atoms with van der Waals surface area (Å²) in [5.41, 5.74) is 0.332. The molecule has 2 aromatic rings. The van der Waals surface area contributed by atoms with Crippen molar-refractivity contribution in [2.24, 2.45) is 11.8 Å². The summed E-state index contributed by atoms with van der Waals surface area (Å²) in [6.07, 6.45) is 1.50. The van der Waals surface area contributed by atoms with Crippen LogP contribution < -0.4 is 15.0 Å². The number of benzene rings is 2. The molecule has 6 rings (SSSR count). The van der Waals surface area contributed by atoms with Gasteiger partial charge in [0.05, 0.1) is 29.6 Å². The fourth-order valence-electron chi connectivity index (χ4n) is 6.50. The van der Waals surface area contributed by atoms with Gasteiger partial charge in [0.15, 0.2) is 0 Å². The van der Waals surface area contributed by atoms with Crippen LogP contribution in [-0.4, -0.2) is 47.2 Å².